The zero-order chi connectivity index (χ0) is 17.7. The molecule has 0 heterocycles. The van der Waals surface area contributed by atoms with Crippen LogP contribution in [0.3, 0.4) is 0 Å². The summed E-state index contributed by atoms with van der Waals surface area (Å²) in [6.07, 6.45) is 2.32. The second-order valence-corrected chi connectivity index (χ2v) is 6.31. The topological polar surface area (TPSA) is 79.6 Å². The van der Waals surface area contributed by atoms with Crippen LogP contribution in [0.15, 0.2) is 59.6 Å². The van der Waals surface area contributed by atoms with Crippen molar-refractivity contribution in [2.45, 2.75) is 24.8 Å². The van der Waals surface area contributed by atoms with Gasteiger partial charge in [-0.25, -0.2) is 0 Å². The Bertz CT molecular complexity index is 770. The van der Waals surface area contributed by atoms with Crippen molar-refractivity contribution in [3.8, 4) is 0 Å². The van der Waals surface area contributed by atoms with Gasteiger partial charge in [0.05, 0.1) is 4.92 Å². The van der Waals surface area contributed by atoms with Crippen molar-refractivity contribution < 1.29 is 4.92 Å². The molecule has 1 aliphatic carbocycles. The smallest absolute Gasteiger partial charge is 0.274 e. The van der Waals surface area contributed by atoms with E-state index in [0.717, 1.165) is 19.4 Å². The number of benzene rings is 2. The third-order valence-corrected chi connectivity index (χ3v) is 4.69. The van der Waals surface area contributed by atoms with Crippen molar-refractivity contribution in [2.24, 2.45) is 4.99 Å². The van der Waals surface area contributed by atoms with Crippen LogP contribution in [-0.4, -0.2) is 24.5 Å². The number of rotatable bonds is 6. The molecule has 2 N–H and O–H groups in total. The molecule has 2 aromatic carbocycles. The Hall–Kier alpha value is -2.89. The molecule has 0 atom stereocenters. The molecular formula is C19H22N4O2. The third kappa shape index (κ3) is 3.96. The van der Waals surface area contributed by atoms with E-state index in [-0.39, 0.29) is 16.0 Å². The number of nitrogens with zero attached hydrogens (tertiary/aromatic N) is 2. The molecule has 3 rings (SSSR count). The van der Waals surface area contributed by atoms with E-state index in [9.17, 15) is 10.1 Å². The molecule has 0 aromatic heterocycles. The molecule has 6 nitrogen and oxygen atoms in total. The fourth-order valence-electron chi connectivity index (χ4n) is 3.00. The summed E-state index contributed by atoms with van der Waals surface area (Å²) in [6, 6.07) is 17.2. The number of para-hydroxylation sites is 1. The largest absolute Gasteiger partial charge is 0.356 e. The number of nitro groups is 1. The quantitative estimate of drug-likeness (QED) is 0.367. The van der Waals surface area contributed by atoms with E-state index in [1.165, 1.54) is 11.6 Å². The van der Waals surface area contributed by atoms with Gasteiger partial charge in [-0.05, 0) is 18.4 Å². The SMILES string of the molecule is CN=C(NCc1ccccc1[N+](=O)[O-])NCC1(c2ccccc2)CC1. The van der Waals surface area contributed by atoms with Crippen molar-refractivity contribution in [1.82, 2.24) is 10.6 Å². The molecule has 0 aliphatic heterocycles. The van der Waals surface area contributed by atoms with Crippen LogP contribution in [-0.2, 0) is 12.0 Å². The average molecular weight is 338 g/mol. The second-order valence-electron chi connectivity index (χ2n) is 6.31. The van der Waals surface area contributed by atoms with Crippen molar-refractivity contribution in [2.75, 3.05) is 13.6 Å². The third-order valence-electron chi connectivity index (χ3n) is 4.69. The van der Waals surface area contributed by atoms with Crippen LogP contribution in [0.2, 0.25) is 0 Å². The summed E-state index contributed by atoms with van der Waals surface area (Å²) in [7, 11) is 1.71. The molecule has 2 aromatic rings. The fourth-order valence-corrected chi connectivity index (χ4v) is 3.00. The van der Waals surface area contributed by atoms with Gasteiger partial charge < -0.3 is 10.6 Å². The Morgan fingerprint density at radius 1 is 1.12 bits per heavy atom. The maximum absolute atomic E-state index is 11.1. The van der Waals surface area contributed by atoms with Crippen LogP contribution in [0, 0.1) is 10.1 Å². The van der Waals surface area contributed by atoms with Crippen LogP contribution in [0.4, 0.5) is 5.69 Å². The first kappa shape index (κ1) is 17.0. The van der Waals surface area contributed by atoms with Crippen molar-refractivity contribution in [1.29, 1.82) is 0 Å². The highest BCUT2D eigenvalue weighted by atomic mass is 16.6. The molecule has 130 valence electrons. The molecule has 1 fully saturated rings. The zero-order valence-corrected chi connectivity index (χ0v) is 14.2. The maximum Gasteiger partial charge on any atom is 0.274 e. The first-order valence-electron chi connectivity index (χ1n) is 8.37. The Morgan fingerprint density at radius 3 is 2.44 bits per heavy atom. The molecule has 6 heteroatoms. The first-order chi connectivity index (χ1) is 12.1. The molecule has 0 radical (unpaired) electrons. The predicted molar refractivity (Wildman–Crippen MR) is 98.7 cm³/mol. The molecule has 1 aliphatic rings. The zero-order valence-electron chi connectivity index (χ0n) is 14.2. The van der Waals surface area contributed by atoms with E-state index < -0.39 is 0 Å². The highest BCUT2D eigenvalue weighted by molar-refractivity contribution is 5.80. The summed E-state index contributed by atoms with van der Waals surface area (Å²) >= 11 is 0. The number of nitro benzene ring substituents is 1. The minimum Gasteiger partial charge on any atom is -0.356 e. The van der Waals surface area contributed by atoms with Gasteiger partial charge in [0.15, 0.2) is 5.96 Å². The standard InChI is InChI=1S/C19H22N4O2/c1-20-18(21-13-15-7-5-6-10-17(15)23(24)25)22-14-19(11-12-19)16-8-3-2-4-9-16/h2-10H,11-14H2,1H3,(H2,20,21,22). The van der Waals surface area contributed by atoms with Crippen molar-refractivity contribution in [3.63, 3.8) is 0 Å². The summed E-state index contributed by atoms with van der Waals surface area (Å²) < 4.78 is 0. The molecule has 0 amide bonds. The first-order valence-corrected chi connectivity index (χ1v) is 8.37. The van der Waals surface area contributed by atoms with Gasteiger partial charge in [0.25, 0.3) is 5.69 Å². The van der Waals surface area contributed by atoms with Crippen molar-refractivity contribution >= 4 is 11.6 Å². The molecule has 0 spiro atoms. The summed E-state index contributed by atoms with van der Waals surface area (Å²) in [4.78, 5) is 15.0. The number of nitrogens with one attached hydrogen (secondary N) is 2. The summed E-state index contributed by atoms with van der Waals surface area (Å²) in [5.74, 6) is 0.653. The Kier molecular flexibility index (Phi) is 4.97. The van der Waals surface area contributed by atoms with E-state index in [1.54, 1.807) is 25.2 Å². The van der Waals surface area contributed by atoms with E-state index in [4.69, 9.17) is 0 Å². The van der Waals surface area contributed by atoms with Gasteiger partial charge in [0.2, 0.25) is 0 Å². The number of aliphatic imine (C=N–C) groups is 1. The second kappa shape index (κ2) is 7.34. The van der Waals surface area contributed by atoms with E-state index in [1.807, 2.05) is 6.07 Å². The highest BCUT2D eigenvalue weighted by Crippen LogP contribution is 2.47. The summed E-state index contributed by atoms with van der Waals surface area (Å²) in [6.45, 7) is 1.16. The Balaban J connectivity index is 1.59. The van der Waals surface area contributed by atoms with Crippen LogP contribution < -0.4 is 10.6 Å². The van der Waals surface area contributed by atoms with Crippen LogP contribution in [0.5, 0.6) is 0 Å². The minimum atomic E-state index is -0.359. The van der Waals surface area contributed by atoms with Crippen molar-refractivity contribution in [3.05, 3.63) is 75.8 Å². The van der Waals surface area contributed by atoms with Gasteiger partial charge in [-0.15, -0.1) is 0 Å². The van der Waals surface area contributed by atoms with E-state index >= 15 is 0 Å². The van der Waals surface area contributed by atoms with Crippen LogP contribution >= 0.6 is 0 Å². The molecule has 0 saturated heterocycles. The highest BCUT2D eigenvalue weighted by Gasteiger charge is 2.43. The summed E-state index contributed by atoms with van der Waals surface area (Å²) in [5, 5.41) is 17.6. The number of hydrogen-bond donors (Lipinski definition) is 2. The van der Waals surface area contributed by atoms with Gasteiger partial charge in [-0.2, -0.15) is 0 Å². The normalized spacial score (nSPS) is 15.5. The van der Waals surface area contributed by atoms with Gasteiger partial charge in [0, 0.05) is 37.2 Å². The van der Waals surface area contributed by atoms with Gasteiger partial charge in [-0.3, -0.25) is 15.1 Å². The minimum absolute atomic E-state index is 0.119. The summed E-state index contributed by atoms with van der Waals surface area (Å²) in [5.41, 5.74) is 2.28. The molecular weight excluding hydrogens is 316 g/mol. The molecule has 0 bridgehead atoms. The molecule has 1 saturated carbocycles. The molecule has 0 unspecified atom stereocenters. The number of guanidine groups is 1. The lowest BCUT2D eigenvalue weighted by Gasteiger charge is -2.19. The lowest BCUT2D eigenvalue weighted by atomic mass is 9.96. The van der Waals surface area contributed by atoms with E-state index in [2.05, 4.69) is 39.9 Å². The van der Waals surface area contributed by atoms with Crippen LogP contribution in [0.25, 0.3) is 0 Å². The average Bonchev–Trinajstić information content (AvgIpc) is 3.44. The maximum atomic E-state index is 11.1. The lowest BCUT2D eigenvalue weighted by Crippen LogP contribution is -2.41. The Labute approximate surface area is 147 Å². The lowest BCUT2D eigenvalue weighted by molar-refractivity contribution is -0.385. The fraction of sp³-hybridized carbons (Fsp3) is 0.316. The van der Waals surface area contributed by atoms with E-state index in [0.29, 0.717) is 18.1 Å². The molecule has 25 heavy (non-hydrogen) atoms. The van der Waals surface area contributed by atoms with Gasteiger partial charge in [0.1, 0.15) is 0 Å². The number of hydrogen-bond acceptors (Lipinski definition) is 3. The predicted octanol–water partition coefficient (Wildman–Crippen LogP) is 2.99. The van der Waals surface area contributed by atoms with Gasteiger partial charge in [-0.1, -0.05) is 48.5 Å². The van der Waals surface area contributed by atoms with Crippen LogP contribution in [0.1, 0.15) is 24.0 Å². The van der Waals surface area contributed by atoms with Gasteiger partial charge >= 0.3 is 0 Å². The monoisotopic (exact) mass is 338 g/mol. The Morgan fingerprint density at radius 2 is 1.80 bits per heavy atom.